The summed E-state index contributed by atoms with van der Waals surface area (Å²) in [5, 5.41) is 10.0. The molecule has 3 rings (SSSR count). The van der Waals surface area contributed by atoms with Crippen LogP contribution in [0.1, 0.15) is 17.5 Å². The lowest BCUT2D eigenvalue weighted by Crippen LogP contribution is -2.40. The molecule has 8 heteroatoms. The topological polar surface area (TPSA) is 45.5 Å². The van der Waals surface area contributed by atoms with Gasteiger partial charge in [-0.2, -0.15) is 5.10 Å². The summed E-state index contributed by atoms with van der Waals surface area (Å²) in [6, 6.07) is 12.5. The second-order valence-electron chi connectivity index (χ2n) is 6.46. The number of rotatable bonds is 8. The third-order valence-electron chi connectivity index (χ3n) is 4.34. The maximum absolute atomic E-state index is 13.1. The van der Waals surface area contributed by atoms with Gasteiger partial charge in [0.05, 0.1) is 11.4 Å². The third-order valence-corrected chi connectivity index (χ3v) is 5.27. The first kappa shape index (κ1) is 23.3. The van der Waals surface area contributed by atoms with E-state index in [1.165, 1.54) is 17.0 Å². The van der Waals surface area contributed by atoms with Crippen molar-refractivity contribution in [3.63, 3.8) is 0 Å². The molecule has 0 spiro atoms. The second-order valence-corrected chi connectivity index (χ2v) is 7.50. The van der Waals surface area contributed by atoms with Crippen LogP contribution < -0.4 is 5.32 Å². The van der Waals surface area contributed by atoms with Crippen molar-refractivity contribution in [3.05, 3.63) is 70.4 Å². The van der Waals surface area contributed by atoms with Crippen LogP contribution in [0.4, 0.5) is 4.39 Å². The van der Waals surface area contributed by atoms with Crippen molar-refractivity contribution in [2.45, 2.75) is 19.8 Å². The van der Waals surface area contributed by atoms with E-state index >= 15 is 0 Å². The number of nitrogens with one attached hydrogen (secondary N) is 1. The van der Waals surface area contributed by atoms with Gasteiger partial charge in [-0.15, -0.1) is 35.3 Å². The van der Waals surface area contributed by atoms with Crippen LogP contribution in [0, 0.1) is 5.82 Å². The third kappa shape index (κ3) is 7.11. The molecule has 0 unspecified atom stereocenters. The zero-order valence-corrected chi connectivity index (χ0v) is 19.9. The van der Waals surface area contributed by atoms with Crippen molar-refractivity contribution in [2.75, 3.05) is 26.7 Å². The lowest BCUT2D eigenvalue weighted by Gasteiger charge is -2.21. The minimum absolute atomic E-state index is 0. The van der Waals surface area contributed by atoms with E-state index < -0.39 is 0 Å². The van der Waals surface area contributed by atoms with Gasteiger partial charge in [-0.3, -0.25) is 4.99 Å². The number of halogens is 2. The van der Waals surface area contributed by atoms with Crippen molar-refractivity contribution >= 4 is 41.3 Å². The molecule has 2 heterocycles. The maximum Gasteiger partial charge on any atom is 0.193 e. The Bertz CT molecular complexity index is 877. The number of guanidine groups is 1. The fourth-order valence-corrected chi connectivity index (χ4v) is 3.52. The molecular weight excluding hydrogens is 500 g/mol. The van der Waals surface area contributed by atoms with Crippen molar-refractivity contribution in [1.82, 2.24) is 20.0 Å². The molecule has 1 aromatic carbocycles. The lowest BCUT2D eigenvalue weighted by molar-refractivity contribution is 0.487. The van der Waals surface area contributed by atoms with Gasteiger partial charge < -0.3 is 10.2 Å². The molecule has 3 aromatic rings. The Labute approximate surface area is 192 Å². The average Bonchev–Trinajstić information content (AvgIpc) is 3.38. The highest BCUT2D eigenvalue weighted by Gasteiger charge is 2.07. The van der Waals surface area contributed by atoms with Gasteiger partial charge in [0, 0.05) is 44.2 Å². The summed E-state index contributed by atoms with van der Waals surface area (Å²) in [6.45, 7) is 4.49. The summed E-state index contributed by atoms with van der Waals surface area (Å²) in [6.07, 6.45) is 3.66. The molecule has 5 nitrogen and oxygen atoms in total. The standard InChI is InChI=1S/C21H26FN5S.HI/c1-3-23-21(26(2)14-12-20-5-4-16-28-20)24-13-10-18-11-15-27(25-18)19-8-6-17(22)7-9-19;/h4-9,11,15-16H,3,10,12-14H2,1-2H3,(H,23,24);1H. The molecule has 29 heavy (non-hydrogen) atoms. The quantitative estimate of drug-likeness (QED) is 0.269. The Kier molecular flexibility index (Phi) is 9.59. The van der Waals surface area contributed by atoms with Gasteiger partial charge in [-0.25, -0.2) is 9.07 Å². The SMILES string of the molecule is CCNC(=NCCc1ccn(-c2ccc(F)cc2)n1)N(C)CCc1cccs1.I. The molecule has 0 aliphatic rings. The van der Waals surface area contributed by atoms with E-state index in [4.69, 9.17) is 4.99 Å². The summed E-state index contributed by atoms with van der Waals surface area (Å²) < 4.78 is 14.8. The van der Waals surface area contributed by atoms with Gasteiger partial charge in [-0.1, -0.05) is 6.07 Å². The molecule has 0 aliphatic heterocycles. The highest BCUT2D eigenvalue weighted by Crippen LogP contribution is 2.10. The summed E-state index contributed by atoms with van der Waals surface area (Å²) in [4.78, 5) is 8.29. The molecule has 156 valence electrons. The van der Waals surface area contributed by atoms with E-state index in [2.05, 4.69) is 46.8 Å². The molecule has 0 amide bonds. The number of thiophene rings is 1. The molecule has 1 N–H and O–H groups in total. The highest BCUT2D eigenvalue weighted by atomic mass is 127. The van der Waals surface area contributed by atoms with Crippen molar-refractivity contribution < 1.29 is 4.39 Å². The fourth-order valence-electron chi connectivity index (χ4n) is 2.82. The van der Waals surface area contributed by atoms with Crippen LogP contribution >= 0.6 is 35.3 Å². The molecule has 0 bridgehead atoms. The Morgan fingerprint density at radius 3 is 2.69 bits per heavy atom. The molecule has 0 saturated carbocycles. The predicted octanol–water partition coefficient (Wildman–Crippen LogP) is 4.37. The van der Waals surface area contributed by atoms with Crippen LogP contribution in [0.25, 0.3) is 5.69 Å². The van der Waals surface area contributed by atoms with Gasteiger partial charge in [0.25, 0.3) is 0 Å². The van der Waals surface area contributed by atoms with Gasteiger partial charge in [0.2, 0.25) is 0 Å². The van der Waals surface area contributed by atoms with Crippen LogP contribution in [0.5, 0.6) is 0 Å². The Morgan fingerprint density at radius 2 is 2.00 bits per heavy atom. The highest BCUT2D eigenvalue weighted by molar-refractivity contribution is 14.0. The number of hydrogen-bond acceptors (Lipinski definition) is 3. The molecule has 2 aromatic heterocycles. The molecule has 0 atom stereocenters. The van der Waals surface area contributed by atoms with Gasteiger partial charge >= 0.3 is 0 Å². The fraction of sp³-hybridized carbons (Fsp3) is 0.333. The van der Waals surface area contributed by atoms with E-state index in [-0.39, 0.29) is 29.8 Å². The predicted molar refractivity (Wildman–Crippen MR) is 129 cm³/mol. The van der Waals surface area contributed by atoms with E-state index in [0.29, 0.717) is 6.54 Å². The zero-order valence-electron chi connectivity index (χ0n) is 16.7. The lowest BCUT2D eigenvalue weighted by atomic mass is 10.3. The first-order valence-electron chi connectivity index (χ1n) is 9.48. The summed E-state index contributed by atoms with van der Waals surface area (Å²) >= 11 is 1.79. The maximum atomic E-state index is 13.1. The van der Waals surface area contributed by atoms with Crippen LogP contribution in [-0.4, -0.2) is 47.3 Å². The summed E-state index contributed by atoms with van der Waals surface area (Å²) in [5.41, 5.74) is 1.81. The second kappa shape index (κ2) is 11.9. The number of likely N-dealkylation sites (N-methyl/N-ethyl adjacent to an activating group) is 1. The van der Waals surface area contributed by atoms with Gasteiger partial charge in [0.1, 0.15) is 5.82 Å². The van der Waals surface area contributed by atoms with Crippen LogP contribution in [0.2, 0.25) is 0 Å². The summed E-state index contributed by atoms with van der Waals surface area (Å²) in [7, 11) is 2.07. The smallest absolute Gasteiger partial charge is 0.193 e. The van der Waals surface area contributed by atoms with Crippen LogP contribution in [0.3, 0.4) is 0 Å². The summed E-state index contributed by atoms with van der Waals surface area (Å²) in [5.74, 6) is 0.668. The molecule has 0 saturated heterocycles. The van der Waals surface area contributed by atoms with Crippen molar-refractivity contribution in [1.29, 1.82) is 0 Å². The first-order valence-corrected chi connectivity index (χ1v) is 10.4. The average molecular weight is 527 g/mol. The molecule has 0 fully saturated rings. The van der Waals surface area contributed by atoms with E-state index in [0.717, 1.165) is 43.3 Å². The molecule has 0 aliphatic carbocycles. The van der Waals surface area contributed by atoms with Crippen molar-refractivity contribution in [2.24, 2.45) is 4.99 Å². The van der Waals surface area contributed by atoms with E-state index in [9.17, 15) is 4.39 Å². The number of aliphatic imine (C=N–C) groups is 1. The Hall–Kier alpha value is -1.94. The first-order chi connectivity index (χ1) is 13.7. The Morgan fingerprint density at radius 1 is 1.21 bits per heavy atom. The van der Waals surface area contributed by atoms with Gasteiger partial charge in [-0.05, 0) is 55.1 Å². The number of nitrogens with zero attached hydrogens (tertiary/aromatic N) is 4. The largest absolute Gasteiger partial charge is 0.357 e. The number of aromatic nitrogens is 2. The van der Waals surface area contributed by atoms with Crippen LogP contribution in [0.15, 0.2) is 59.0 Å². The van der Waals surface area contributed by atoms with Crippen LogP contribution in [-0.2, 0) is 12.8 Å². The minimum atomic E-state index is -0.246. The van der Waals surface area contributed by atoms with Gasteiger partial charge in [0.15, 0.2) is 5.96 Å². The van der Waals surface area contributed by atoms with E-state index in [1.54, 1.807) is 28.2 Å². The number of benzene rings is 1. The molecular formula is C21H27FIN5S. The number of hydrogen-bond donors (Lipinski definition) is 1. The molecule has 0 radical (unpaired) electrons. The zero-order chi connectivity index (χ0) is 19.8. The van der Waals surface area contributed by atoms with Crippen molar-refractivity contribution in [3.8, 4) is 5.69 Å². The van der Waals surface area contributed by atoms with E-state index in [1.807, 2.05) is 12.3 Å². The minimum Gasteiger partial charge on any atom is -0.357 e. The normalized spacial score (nSPS) is 11.2. The monoisotopic (exact) mass is 527 g/mol. The Balaban J connectivity index is 0.00000300.